The third-order valence-electron chi connectivity index (χ3n) is 4.60. The van der Waals surface area contributed by atoms with Gasteiger partial charge < -0.3 is 0 Å². The Kier molecular flexibility index (Phi) is 3.53. The van der Waals surface area contributed by atoms with Gasteiger partial charge in [-0.05, 0) is 43.2 Å². The van der Waals surface area contributed by atoms with Crippen LogP contribution >= 0.6 is 11.3 Å². The maximum absolute atomic E-state index is 12.9. The molecule has 0 aliphatic heterocycles. The topological polar surface area (TPSA) is 47.8 Å². The second-order valence-electron chi connectivity index (χ2n) is 6.57. The first-order valence-electron chi connectivity index (χ1n) is 8.05. The summed E-state index contributed by atoms with van der Waals surface area (Å²) in [6.45, 7) is 4.80. The molecule has 0 spiro atoms. The van der Waals surface area contributed by atoms with Crippen LogP contribution in [0.2, 0.25) is 0 Å². The van der Waals surface area contributed by atoms with E-state index >= 15 is 0 Å². The minimum absolute atomic E-state index is 0.00330. The van der Waals surface area contributed by atoms with Gasteiger partial charge in [-0.15, -0.1) is 16.4 Å². The van der Waals surface area contributed by atoms with Gasteiger partial charge in [0, 0.05) is 4.88 Å². The lowest BCUT2D eigenvalue weighted by molar-refractivity contribution is 0.508. The molecule has 0 saturated carbocycles. The molecule has 0 saturated heterocycles. The monoisotopic (exact) mass is 325 g/mol. The van der Waals surface area contributed by atoms with Gasteiger partial charge in [0.05, 0.1) is 11.9 Å². The Labute approximate surface area is 138 Å². The molecule has 4 rings (SSSR count). The molecule has 0 N–H and O–H groups in total. The normalized spacial score (nSPS) is 17.4. The van der Waals surface area contributed by atoms with Gasteiger partial charge in [0.15, 0.2) is 4.83 Å². The maximum atomic E-state index is 12.9. The first kappa shape index (κ1) is 14.6. The van der Waals surface area contributed by atoms with E-state index in [-0.39, 0.29) is 5.56 Å². The van der Waals surface area contributed by atoms with Crippen molar-refractivity contribution in [3.63, 3.8) is 0 Å². The zero-order valence-electron chi connectivity index (χ0n) is 13.4. The van der Waals surface area contributed by atoms with Crippen molar-refractivity contribution in [1.29, 1.82) is 0 Å². The number of rotatable bonds is 2. The largest absolute Gasteiger partial charge is 0.279 e. The van der Waals surface area contributed by atoms with E-state index in [0.717, 1.165) is 35.0 Å². The van der Waals surface area contributed by atoms with Crippen molar-refractivity contribution in [2.24, 2.45) is 5.92 Å². The second-order valence-corrected chi connectivity index (χ2v) is 7.66. The van der Waals surface area contributed by atoms with Gasteiger partial charge in [0.2, 0.25) is 0 Å². The highest BCUT2D eigenvalue weighted by atomic mass is 32.1. The van der Waals surface area contributed by atoms with Crippen LogP contribution in [-0.2, 0) is 19.4 Å². The highest BCUT2D eigenvalue weighted by molar-refractivity contribution is 7.18. The molecule has 0 bridgehead atoms. The van der Waals surface area contributed by atoms with E-state index in [4.69, 9.17) is 0 Å². The molecule has 23 heavy (non-hydrogen) atoms. The standard InChI is InChI=1S/C18H19N3OS/c1-11-4-3-5-13(8-11)10-21-18(22)16-14-7-6-12(2)9-15(14)23-17(16)19-20-21/h3-5,8,12H,6-7,9-10H2,1-2H3/t12-/m0/s1. The minimum Gasteiger partial charge on any atom is -0.267 e. The van der Waals surface area contributed by atoms with E-state index in [0.29, 0.717) is 12.5 Å². The predicted molar refractivity (Wildman–Crippen MR) is 93.1 cm³/mol. The average molecular weight is 325 g/mol. The molecule has 0 unspecified atom stereocenters. The van der Waals surface area contributed by atoms with Gasteiger partial charge in [-0.3, -0.25) is 4.79 Å². The Balaban J connectivity index is 1.80. The van der Waals surface area contributed by atoms with Crippen LogP contribution in [0.3, 0.4) is 0 Å². The first-order chi connectivity index (χ1) is 11.1. The van der Waals surface area contributed by atoms with Crippen LogP contribution < -0.4 is 5.56 Å². The smallest absolute Gasteiger partial charge is 0.267 e. The minimum atomic E-state index is 0.00330. The van der Waals surface area contributed by atoms with Crippen molar-refractivity contribution in [1.82, 2.24) is 15.0 Å². The Hall–Kier alpha value is -2.01. The highest BCUT2D eigenvalue weighted by Gasteiger charge is 2.23. The summed E-state index contributed by atoms with van der Waals surface area (Å²) >= 11 is 1.65. The third kappa shape index (κ3) is 2.59. The van der Waals surface area contributed by atoms with Gasteiger partial charge in [0.1, 0.15) is 0 Å². The molecule has 118 valence electrons. The predicted octanol–water partition coefficient (Wildman–Crippen LogP) is 3.33. The summed E-state index contributed by atoms with van der Waals surface area (Å²) in [6, 6.07) is 8.17. The molecule has 2 heterocycles. The summed E-state index contributed by atoms with van der Waals surface area (Å²) in [4.78, 5) is 15.0. The molecule has 2 aromatic heterocycles. The van der Waals surface area contributed by atoms with Crippen molar-refractivity contribution >= 4 is 21.6 Å². The van der Waals surface area contributed by atoms with E-state index in [1.54, 1.807) is 11.3 Å². The van der Waals surface area contributed by atoms with Crippen molar-refractivity contribution < 1.29 is 0 Å². The number of benzene rings is 1. The van der Waals surface area contributed by atoms with Crippen LogP contribution in [0.15, 0.2) is 29.1 Å². The molecule has 1 aromatic carbocycles. The molecule has 3 aromatic rings. The van der Waals surface area contributed by atoms with Crippen molar-refractivity contribution in [2.45, 2.75) is 39.7 Å². The summed E-state index contributed by atoms with van der Waals surface area (Å²) in [5, 5.41) is 9.29. The van der Waals surface area contributed by atoms with Crippen LogP contribution in [-0.4, -0.2) is 15.0 Å². The summed E-state index contributed by atoms with van der Waals surface area (Å²) in [5.41, 5.74) is 3.49. The van der Waals surface area contributed by atoms with Crippen LogP contribution in [0.4, 0.5) is 0 Å². The molecule has 0 amide bonds. The molecule has 1 aliphatic rings. The molecule has 5 heteroatoms. The summed E-state index contributed by atoms with van der Waals surface area (Å²) in [5.74, 6) is 0.693. The quantitative estimate of drug-likeness (QED) is 0.726. The average Bonchev–Trinajstić information content (AvgIpc) is 2.88. The van der Waals surface area contributed by atoms with Crippen molar-refractivity contribution in [3.05, 3.63) is 56.2 Å². The molecule has 0 radical (unpaired) electrons. The van der Waals surface area contributed by atoms with Crippen LogP contribution in [0.25, 0.3) is 10.2 Å². The van der Waals surface area contributed by atoms with Crippen LogP contribution in [0, 0.1) is 12.8 Å². The zero-order chi connectivity index (χ0) is 16.0. The third-order valence-corrected chi connectivity index (χ3v) is 5.74. The molecule has 0 fully saturated rings. The number of hydrogen-bond donors (Lipinski definition) is 0. The number of thiophene rings is 1. The fraction of sp³-hybridized carbons (Fsp3) is 0.389. The highest BCUT2D eigenvalue weighted by Crippen LogP contribution is 2.35. The molecular weight excluding hydrogens is 306 g/mol. The van der Waals surface area contributed by atoms with Gasteiger partial charge >= 0.3 is 0 Å². The lowest BCUT2D eigenvalue weighted by atomic mass is 9.89. The summed E-state index contributed by atoms with van der Waals surface area (Å²) in [6.07, 6.45) is 3.20. The Morgan fingerprint density at radius 3 is 3.09 bits per heavy atom. The number of aryl methyl sites for hydroxylation is 2. The van der Waals surface area contributed by atoms with E-state index in [1.807, 2.05) is 12.1 Å². The number of fused-ring (bicyclic) bond motifs is 3. The van der Waals surface area contributed by atoms with Crippen molar-refractivity contribution in [2.75, 3.05) is 0 Å². The lowest BCUT2D eigenvalue weighted by Gasteiger charge is -2.17. The number of aromatic nitrogens is 3. The molecular formula is C18H19N3OS. The molecule has 4 nitrogen and oxygen atoms in total. The van der Waals surface area contributed by atoms with Gasteiger partial charge in [-0.1, -0.05) is 42.0 Å². The summed E-state index contributed by atoms with van der Waals surface area (Å²) in [7, 11) is 0. The second kappa shape index (κ2) is 5.57. The first-order valence-corrected chi connectivity index (χ1v) is 8.87. The SMILES string of the molecule is Cc1cccc(Cn2nnc3sc4c(c3c2=O)CC[C@H](C)C4)c1. The fourth-order valence-corrected chi connectivity index (χ4v) is 4.70. The van der Waals surface area contributed by atoms with Gasteiger partial charge in [-0.2, -0.15) is 0 Å². The van der Waals surface area contributed by atoms with Crippen LogP contribution in [0.1, 0.15) is 34.9 Å². The number of hydrogen-bond acceptors (Lipinski definition) is 4. The number of nitrogens with zero attached hydrogens (tertiary/aromatic N) is 3. The summed E-state index contributed by atoms with van der Waals surface area (Å²) < 4.78 is 1.50. The van der Waals surface area contributed by atoms with Crippen molar-refractivity contribution in [3.8, 4) is 0 Å². The van der Waals surface area contributed by atoms with E-state index < -0.39 is 0 Å². The van der Waals surface area contributed by atoms with E-state index in [1.165, 1.54) is 20.7 Å². The van der Waals surface area contributed by atoms with E-state index in [2.05, 4.69) is 36.3 Å². The van der Waals surface area contributed by atoms with Crippen LogP contribution in [0.5, 0.6) is 0 Å². The maximum Gasteiger partial charge on any atom is 0.279 e. The Morgan fingerprint density at radius 2 is 2.26 bits per heavy atom. The fourth-order valence-electron chi connectivity index (χ4n) is 3.38. The molecule has 1 atom stereocenters. The Morgan fingerprint density at radius 1 is 1.39 bits per heavy atom. The zero-order valence-corrected chi connectivity index (χ0v) is 14.2. The van der Waals surface area contributed by atoms with E-state index in [9.17, 15) is 4.79 Å². The van der Waals surface area contributed by atoms with Gasteiger partial charge in [-0.25, -0.2) is 4.68 Å². The lowest BCUT2D eigenvalue weighted by Crippen LogP contribution is -2.25. The Bertz CT molecular complexity index is 941. The molecule has 1 aliphatic carbocycles. The van der Waals surface area contributed by atoms with Gasteiger partial charge in [0.25, 0.3) is 5.56 Å².